The number of hydroxylamine groups is 2. The summed E-state index contributed by atoms with van der Waals surface area (Å²) >= 11 is 0. The Balaban J connectivity index is 0.565. The Kier molecular flexibility index (Phi) is 28.4. The lowest BCUT2D eigenvalue weighted by Gasteiger charge is -2.37. The Hall–Kier alpha value is -6.08. The molecule has 1 spiro atoms. The van der Waals surface area contributed by atoms with E-state index in [2.05, 4.69) is 20.9 Å². The van der Waals surface area contributed by atoms with Crippen molar-refractivity contribution in [3.8, 4) is 11.3 Å². The maximum Gasteiger partial charge on any atom is 0.335 e. The first-order valence-corrected chi connectivity index (χ1v) is 28.5. The van der Waals surface area contributed by atoms with Crippen LogP contribution in [0.4, 0.5) is 21.0 Å². The molecule has 3 saturated heterocycles. The maximum absolute atomic E-state index is 13.6. The summed E-state index contributed by atoms with van der Waals surface area (Å²) in [5.74, 6) is -1.44. The highest BCUT2D eigenvalue weighted by Gasteiger charge is 2.53. The van der Waals surface area contributed by atoms with Crippen LogP contribution in [0.2, 0.25) is 0 Å². The first kappa shape index (κ1) is 64.5. The number of carbonyl (C=O) groups excluding carboxylic acids is 6. The molecule has 27 heteroatoms. The van der Waals surface area contributed by atoms with E-state index < -0.39 is 29.4 Å². The third-order valence-corrected chi connectivity index (χ3v) is 13.4. The van der Waals surface area contributed by atoms with Gasteiger partial charge in [-0.3, -0.25) is 14.4 Å². The molecule has 0 atom stereocenters. The van der Waals surface area contributed by atoms with Crippen LogP contribution in [0.5, 0.6) is 0 Å². The fourth-order valence-corrected chi connectivity index (χ4v) is 8.74. The molecule has 0 unspecified atom stereocenters. The summed E-state index contributed by atoms with van der Waals surface area (Å²) in [6, 6.07) is 14.3. The number of aromatic nitrogens is 3. The van der Waals surface area contributed by atoms with Crippen molar-refractivity contribution in [3.63, 3.8) is 0 Å². The van der Waals surface area contributed by atoms with Crippen LogP contribution in [-0.4, -0.2) is 238 Å². The van der Waals surface area contributed by atoms with Gasteiger partial charge < -0.3 is 77.2 Å². The van der Waals surface area contributed by atoms with Gasteiger partial charge in [-0.1, -0.05) is 29.5 Å². The van der Waals surface area contributed by atoms with Gasteiger partial charge in [-0.25, -0.2) is 24.0 Å². The van der Waals surface area contributed by atoms with Crippen LogP contribution < -0.4 is 15.5 Å². The van der Waals surface area contributed by atoms with E-state index >= 15 is 0 Å². The summed E-state index contributed by atoms with van der Waals surface area (Å²) in [5, 5.41) is 15.0. The summed E-state index contributed by atoms with van der Waals surface area (Å²) in [4.78, 5) is 82.2. The zero-order valence-electron chi connectivity index (χ0n) is 47.3. The van der Waals surface area contributed by atoms with E-state index in [1.807, 2.05) is 48.7 Å². The lowest BCUT2D eigenvalue weighted by atomic mass is 9.87. The fraction of sp³-hybridized carbons (Fsp3) is 0.643. The topological polar surface area (TPSA) is 287 Å². The number of benzene rings is 2. The zero-order chi connectivity index (χ0) is 58.2. The average molecular weight is 1170 g/mol. The fourth-order valence-electron chi connectivity index (χ4n) is 8.74. The Morgan fingerprint density at radius 1 is 0.578 bits per heavy atom. The van der Waals surface area contributed by atoms with Gasteiger partial charge in [-0.05, 0) is 61.4 Å². The van der Waals surface area contributed by atoms with Crippen LogP contribution in [0.1, 0.15) is 56.4 Å². The van der Waals surface area contributed by atoms with E-state index in [1.165, 1.54) is 23.3 Å². The largest absolute Gasteiger partial charge is 0.378 e. The number of anilines is 2. The van der Waals surface area contributed by atoms with Crippen molar-refractivity contribution in [1.82, 2.24) is 30.3 Å². The Morgan fingerprint density at radius 2 is 1.04 bits per heavy atom. The summed E-state index contributed by atoms with van der Waals surface area (Å²) in [6.07, 6.45) is 4.82. The molecule has 4 fully saturated rings. The SMILES string of the molecule is O=C(CCOCCOCCOCCOCCOCCOCCOCCOCCOCCOCCOCCOCCn1cc(-c2cccc(NC(=O)N3CCC4(CC3)NC(=O)N(c3ccc(C5CC5)cc3)C4=O)c2)nn1)ON1C(=O)CCC1=O. The van der Waals surface area contributed by atoms with E-state index in [1.54, 1.807) is 15.6 Å². The normalized spacial score (nSPS) is 16.0. The predicted molar refractivity (Wildman–Crippen MR) is 294 cm³/mol. The van der Waals surface area contributed by atoms with Crippen LogP contribution in [0, 0.1) is 0 Å². The van der Waals surface area contributed by atoms with Crippen LogP contribution in [0.15, 0.2) is 54.7 Å². The number of piperidine rings is 1. The van der Waals surface area contributed by atoms with Crippen LogP contribution in [0.25, 0.3) is 11.3 Å². The summed E-state index contributed by atoms with van der Waals surface area (Å²) in [7, 11) is 0. The van der Waals surface area contributed by atoms with Crippen LogP contribution in [0.3, 0.4) is 0 Å². The van der Waals surface area contributed by atoms with Gasteiger partial charge >= 0.3 is 18.0 Å². The third kappa shape index (κ3) is 22.8. The number of ether oxygens (including phenoxy) is 12. The summed E-state index contributed by atoms with van der Waals surface area (Å²) < 4.78 is 67.8. The van der Waals surface area contributed by atoms with E-state index in [4.69, 9.17) is 61.7 Å². The Labute approximate surface area is 482 Å². The average Bonchev–Trinajstić information content (AvgIpc) is 4.22. The van der Waals surface area contributed by atoms with Crippen molar-refractivity contribution in [2.75, 3.05) is 182 Å². The van der Waals surface area contributed by atoms with Crippen molar-refractivity contribution < 1.29 is 90.4 Å². The van der Waals surface area contributed by atoms with Gasteiger partial charge in [0.05, 0.1) is 183 Å². The number of hydrogen-bond donors (Lipinski definition) is 2. The second kappa shape index (κ2) is 36.6. The van der Waals surface area contributed by atoms with Gasteiger partial charge in [0.2, 0.25) is 0 Å². The number of hydrogen-bond acceptors (Lipinski definition) is 21. The highest BCUT2D eigenvalue weighted by Crippen LogP contribution is 2.41. The number of nitrogens with one attached hydrogen (secondary N) is 2. The quantitative estimate of drug-likeness (QED) is 0.0467. The monoisotopic (exact) mass is 1170 g/mol. The van der Waals surface area contributed by atoms with Crippen molar-refractivity contribution in [1.29, 1.82) is 0 Å². The number of rotatable bonds is 44. The molecule has 1 saturated carbocycles. The molecule has 1 aromatic heterocycles. The molecule has 3 aromatic rings. The smallest absolute Gasteiger partial charge is 0.335 e. The molecule has 4 heterocycles. The minimum absolute atomic E-state index is 0.0496. The third-order valence-electron chi connectivity index (χ3n) is 13.4. The Bertz CT molecular complexity index is 2420. The predicted octanol–water partition coefficient (Wildman–Crippen LogP) is 3.14. The molecule has 27 nitrogen and oxygen atoms in total. The maximum atomic E-state index is 13.6. The van der Waals surface area contributed by atoms with Gasteiger partial charge in [-0.2, -0.15) is 0 Å². The molecule has 1 aliphatic carbocycles. The van der Waals surface area contributed by atoms with Crippen molar-refractivity contribution in [3.05, 3.63) is 60.3 Å². The lowest BCUT2D eigenvalue weighted by Crippen LogP contribution is -2.56. The molecule has 4 aliphatic rings. The summed E-state index contributed by atoms with van der Waals surface area (Å²) in [6.45, 7) is 10.9. The molecule has 0 bridgehead atoms. The molecular weight excluding hydrogens is 1090 g/mol. The van der Waals surface area contributed by atoms with Crippen LogP contribution >= 0.6 is 0 Å². The molecule has 7 rings (SSSR count). The molecule has 83 heavy (non-hydrogen) atoms. The molecular formula is C56H80N8O19. The Morgan fingerprint density at radius 3 is 1.51 bits per heavy atom. The number of amides is 7. The molecule has 2 aromatic carbocycles. The molecule has 7 amide bonds. The van der Waals surface area contributed by atoms with E-state index in [0.717, 1.165) is 5.56 Å². The first-order chi connectivity index (χ1) is 40.7. The van der Waals surface area contributed by atoms with Gasteiger partial charge in [0.1, 0.15) is 11.2 Å². The van der Waals surface area contributed by atoms with E-state index in [-0.39, 0.29) is 44.4 Å². The number of nitrogens with zero attached hydrogens (tertiary/aromatic N) is 6. The highest BCUT2D eigenvalue weighted by molar-refractivity contribution is 6.23. The molecule has 0 radical (unpaired) electrons. The molecule has 3 aliphatic heterocycles. The number of carbonyl (C=O) groups is 6. The second-order valence-electron chi connectivity index (χ2n) is 19.5. The zero-order valence-corrected chi connectivity index (χ0v) is 47.3. The number of imide groups is 2. The van der Waals surface area contributed by atoms with Crippen LogP contribution in [-0.2, 0) is 87.4 Å². The molecule has 458 valence electrons. The van der Waals surface area contributed by atoms with Crippen molar-refractivity contribution >= 4 is 47.1 Å². The highest BCUT2D eigenvalue weighted by atomic mass is 16.7. The van der Waals surface area contributed by atoms with Gasteiger partial charge in [-0.15, -0.1) is 10.2 Å². The van der Waals surface area contributed by atoms with Gasteiger partial charge in [0.25, 0.3) is 17.7 Å². The molecule has 2 N–H and O–H groups in total. The lowest BCUT2D eigenvalue weighted by molar-refractivity contribution is -0.198. The van der Waals surface area contributed by atoms with Gasteiger partial charge in [0, 0.05) is 37.2 Å². The van der Waals surface area contributed by atoms with Gasteiger partial charge in [0.15, 0.2) is 0 Å². The summed E-state index contributed by atoms with van der Waals surface area (Å²) in [5.41, 5.74) is 2.79. The standard InChI is InChI=1S/C56H80N8O19/c65-50-10-11-51(66)64(50)83-52(67)12-18-71-20-22-73-24-26-75-28-30-77-32-34-79-36-38-81-40-41-82-39-37-80-35-33-78-31-29-76-27-25-74-23-21-72-19-17-62-43-49(59-60-62)46-2-1-3-47(42-46)57-54(69)61-15-13-56(14-16-61)53(68)63(55(70)58-56)48-8-6-45(7-9-48)44-4-5-44/h1-3,6-9,42-44H,4-5,10-41H2,(H,57,69)(H,58,70). The number of likely N-dealkylation sites (tertiary alicyclic amines) is 1. The van der Waals surface area contributed by atoms with Crippen molar-refractivity contribution in [2.24, 2.45) is 0 Å². The van der Waals surface area contributed by atoms with Crippen molar-refractivity contribution in [2.45, 2.75) is 62.9 Å². The number of urea groups is 2. The second-order valence-corrected chi connectivity index (χ2v) is 19.5. The van der Waals surface area contributed by atoms with E-state index in [9.17, 15) is 28.8 Å². The first-order valence-electron chi connectivity index (χ1n) is 28.5. The van der Waals surface area contributed by atoms with E-state index in [0.29, 0.717) is 206 Å². The minimum Gasteiger partial charge on any atom is -0.378 e. The minimum atomic E-state index is -1.03.